The highest BCUT2D eigenvalue weighted by Gasteiger charge is 2.39. The van der Waals surface area contributed by atoms with Gasteiger partial charge in [0.25, 0.3) is 0 Å². The topological polar surface area (TPSA) is 70.7 Å². The van der Waals surface area contributed by atoms with Crippen molar-refractivity contribution in [1.29, 1.82) is 0 Å². The fraction of sp³-hybridized carbons (Fsp3) is 0.524. The molecule has 6 heteroatoms. The SMILES string of the molecule is C=C1NC(=O)NC(c2ccc(N(C)C)cc2)C1C(=O)OCC1CCCCC1. The second kappa shape index (κ2) is 8.46. The molecule has 2 aliphatic rings. The van der Waals surface area contributed by atoms with Crippen molar-refractivity contribution >= 4 is 17.7 Å². The molecule has 1 heterocycles. The van der Waals surface area contributed by atoms with E-state index in [0.717, 1.165) is 24.1 Å². The molecule has 2 amide bonds. The predicted molar refractivity (Wildman–Crippen MR) is 105 cm³/mol. The number of rotatable bonds is 5. The van der Waals surface area contributed by atoms with Gasteiger partial charge in [-0.05, 0) is 36.5 Å². The molecule has 1 aromatic rings. The Morgan fingerprint density at radius 1 is 1.19 bits per heavy atom. The number of carbonyl (C=O) groups is 2. The Labute approximate surface area is 161 Å². The summed E-state index contributed by atoms with van der Waals surface area (Å²) in [6, 6.07) is 6.97. The van der Waals surface area contributed by atoms with Crippen molar-refractivity contribution < 1.29 is 14.3 Å². The summed E-state index contributed by atoms with van der Waals surface area (Å²) in [6.45, 7) is 4.35. The summed E-state index contributed by atoms with van der Waals surface area (Å²) < 4.78 is 5.64. The smallest absolute Gasteiger partial charge is 0.319 e. The Hall–Kier alpha value is -2.50. The molecule has 2 N–H and O–H groups in total. The molecule has 1 aromatic carbocycles. The second-order valence-corrected chi connectivity index (χ2v) is 7.70. The Morgan fingerprint density at radius 3 is 2.48 bits per heavy atom. The first kappa shape index (κ1) is 19.3. The minimum atomic E-state index is -0.642. The molecule has 1 saturated carbocycles. The molecule has 1 saturated heterocycles. The number of urea groups is 1. The molecule has 2 atom stereocenters. The third-order valence-electron chi connectivity index (χ3n) is 5.48. The van der Waals surface area contributed by atoms with Crippen LogP contribution in [-0.4, -0.2) is 32.7 Å². The molecular formula is C21H29N3O3. The number of amides is 2. The van der Waals surface area contributed by atoms with Crippen molar-refractivity contribution in [2.24, 2.45) is 11.8 Å². The molecule has 3 rings (SSSR count). The van der Waals surface area contributed by atoms with Gasteiger partial charge in [0.2, 0.25) is 0 Å². The minimum Gasteiger partial charge on any atom is -0.465 e. The van der Waals surface area contributed by atoms with Crippen molar-refractivity contribution in [3.05, 3.63) is 42.1 Å². The van der Waals surface area contributed by atoms with E-state index in [0.29, 0.717) is 18.2 Å². The number of nitrogens with one attached hydrogen (secondary N) is 2. The van der Waals surface area contributed by atoms with E-state index < -0.39 is 12.0 Å². The van der Waals surface area contributed by atoms with Gasteiger partial charge in [0.15, 0.2) is 0 Å². The highest BCUT2D eigenvalue weighted by molar-refractivity contribution is 5.85. The zero-order valence-corrected chi connectivity index (χ0v) is 16.2. The standard InChI is InChI=1S/C21H29N3O3/c1-14-18(20(25)27-13-15-7-5-4-6-8-15)19(23-21(26)22-14)16-9-11-17(12-10-16)24(2)3/h9-12,15,18-19H,1,4-8,13H2,2-3H3,(H2,22,23,26). The van der Waals surface area contributed by atoms with Crippen LogP contribution in [0.2, 0.25) is 0 Å². The van der Waals surface area contributed by atoms with Crippen molar-refractivity contribution in [2.45, 2.75) is 38.1 Å². The molecule has 1 aliphatic heterocycles. The van der Waals surface area contributed by atoms with Gasteiger partial charge < -0.3 is 20.3 Å². The molecule has 0 aromatic heterocycles. The molecule has 27 heavy (non-hydrogen) atoms. The van der Waals surface area contributed by atoms with E-state index in [9.17, 15) is 9.59 Å². The van der Waals surface area contributed by atoms with E-state index in [-0.39, 0.29) is 12.0 Å². The summed E-state index contributed by atoms with van der Waals surface area (Å²) in [4.78, 5) is 26.8. The zero-order valence-electron chi connectivity index (χ0n) is 16.2. The Bertz CT molecular complexity index is 693. The lowest BCUT2D eigenvalue weighted by molar-refractivity contribution is -0.150. The predicted octanol–water partition coefficient (Wildman–Crippen LogP) is 3.36. The van der Waals surface area contributed by atoms with E-state index in [1.807, 2.05) is 43.3 Å². The van der Waals surface area contributed by atoms with Crippen LogP contribution >= 0.6 is 0 Å². The van der Waals surface area contributed by atoms with Crippen LogP contribution in [0.5, 0.6) is 0 Å². The van der Waals surface area contributed by atoms with Crippen LogP contribution in [0.25, 0.3) is 0 Å². The van der Waals surface area contributed by atoms with Crippen molar-refractivity contribution in [3.63, 3.8) is 0 Å². The summed E-state index contributed by atoms with van der Waals surface area (Å²) in [5, 5.41) is 5.48. The van der Waals surface area contributed by atoms with Gasteiger partial charge in [-0.1, -0.05) is 38.0 Å². The second-order valence-electron chi connectivity index (χ2n) is 7.70. The van der Waals surface area contributed by atoms with Gasteiger partial charge in [-0.25, -0.2) is 4.79 Å². The highest BCUT2D eigenvalue weighted by atomic mass is 16.5. The van der Waals surface area contributed by atoms with Gasteiger partial charge in [0.1, 0.15) is 5.92 Å². The number of anilines is 1. The molecule has 146 valence electrons. The summed E-state index contributed by atoms with van der Waals surface area (Å²) in [5.74, 6) is -0.531. The Morgan fingerprint density at radius 2 is 1.85 bits per heavy atom. The van der Waals surface area contributed by atoms with Crippen LogP contribution in [0.4, 0.5) is 10.5 Å². The first-order chi connectivity index (χ1) is 13.0. The lowest BCUT2D eigenvalue weighted by Gasteiger charge is -2.34. The molecular weight excluding hydrogens is 342 g/mol. The zero-order chi connectivity index (χ0) is 19.4. The van der Waals surface area contributed by atoms with Crippen LogP contribution in [0.15, 0.2) is 36.5 Å². The summed E-state index contributed by atoms with van der Waals surface area (Å²) >= 11 is 0. The third-order valence-corrected chi connectivity index (χ3v) is 5.48. The quantitative estimate of drug-likeness (QED) is 0.779. The maximum Gasteiger partial charge on any atom is 0.319 e. The third kappa shape index (κ3) is 4.62. The molecule has 2 fully saturated rings. The summed E-state index contributed by atoms with van der Waals surface area (Å²) in [6.07, 6.45) is 5.91. The maximum atomic E-state index is 12.8. The van der Waals surface area contributed by atoms with Crippen molar-refractivity contribution in [2.75, 3.05) is 25.6 Å². The fourth-order valence-electron chi connectivity index (χ4n) is 3.86. The summed E-state index contributed by atoms with van der Waals surface area (Å²) in [7, 11) is 3.93. The largest absolute Gasteiger partial charge is 0.465 e. The molecule has 2 unspecified atom stereocenters. The van der Waals surface area contributed by atoms with Gasteiger partial charge in [-0.3, -0.25) is 4.79 Å². The van der Waals surface area contributed by atoms with Crippen molar-refractivity contribution in [1.82, 2.24) is 10.6 Å². The number of benzene rings is 1. The van der Waals surface area contributed by atoms with Gasteiger partial charge >= 0.3 is 12.0 Å². The lowest BCUT2D eigenvalue weighted by Crippen LogP contribution is -2.51. The van der Waals surface area contributed by atoms with Crippen LogP contribution in [-0.2, 0) is 9.53 Å². The first-order valence-corrected chi connectivity index (χ1v) is 9.66. The van der Waals surface area contributed by atoms with Gasteiger partial charge in [-0.15, -0.1) is 0 Å². The molecule has 1 aliphatic carbocycles. The number of carbonyl (C=O) groups excluding carboxylic acids is 2. The minimum absolute atomic E-state index is 0.334. The average molecular weight is 371 g/mol. The van der Waals surface area contributed by atoms with Crippen LogP contribution < -0.4 is 15.5 Å². The van der Waals surface area contributed by atoms with Crippen LogP contribution in [0.1, 0.15) is 43.7 Å². The van der Waals surface area contributed by atoms with Crippen LogP contribution in [0, 0.1) is 11.8 Å². The monoisotopic (exact) mass is 371 g/mol. The van der Waals surface area contributed by atoms with E-state index in [2.05, 4.69) is 17.2 Å². The Balaban J connectivity index is 1.73. The fourth-order valence-corrected chi connectivity index (χ4v) is 3.86. The number of esters is 1. The molecule has 6 nitrogen and oxygen atoms in total. The van der Waals surface area contributed by atoms with E-state index in [1.165, 1.54) is 19.3 Å². The van der Waals surface area contributed by atoms with E-state index in [4.69, 9.17) is 4.74 Å². The number of ether oxygens (including phenoxy) is 1. The Kier molecular flexibility index (Phi) is 6.04. The van der Waals surface area contributed by atoms with E-state index in [1.54, 1.807) is 0 Å². The maximum absolute atomic E-state index is 12.8. The van der Waals surface area contributed by atoms with Crippen LogP contribution in [0.3, 0.4) is 0 Å². The molecule has 0 radical (unpaired) electrons. The van der Waals surface area contributed by atoms with E-state index >= 15 is 0 Å². The first-order valence-electron chi connectivity index (χ1n) is 9.66. The molecule has 0 spiro atoms. The number of hydrogen-bond acceptors (Lipinski definition) is 4. The lowest BCUT2D eigenvalue weighted by atomic mass is 9.88. The van der Waals surface area contributed by atoms with Gasteiger partial charge in [0.05, 0.1) is 12.6 Å². The van der Waals surface area contributed by atoms with Crippen molar-refractivity contribution in [3.8, 4) is 0 Å². The number of nitrogens with zero attached hydrogens (tertiary/aromatic N) is 1. The van der Waals surface area contributed by atoms with Gasteiger partial charge in [-0.2, -0.15) is 0 Å². The average Bonchev–Trinajstić information content (AvgIpc) is 2.66. The molecule has 0 bridgehead atoms. The number of hydrogen-bond donors (Lipinski definition) is 2. The normalized spacial score (nSPS) is 23.3. The van der Waals surface area contributed by atoms with Gasteiger partial charge in [0, 0.05) is 25.5 Å². The summed E-state index contributed by atoms with van der Waals surface area (Å²) in [5.41, 5.74) is 2.29. The highest BCUT2D eigenvalue weighted by Crippen LogP contribution is 2.32.